The highest BCUT2D eigenvalue weighted by molar-refractivity contribution is 8.35. The molecule has 0 amide bonds. The summed E-state index contributed by atoms with van der Waals surface area (Å²) in [5.74, 6) is 0.566. The van der Waals surface area contributed by atoms with Gasteiger partial charge in [0, 0.05) is 22.5 Å². The molecule has 7 nitrogen and oxygen atoms in total. The third kappa shape index (κ3) is 2.47. The quantitative estimate of drug-likeness (QED) is 0.532. The zero-order valence-corrected chi connectivity index (χ0v) is 10.7. The molecule has 1 aromatic rings. The smallest absolute Gasteiger partial charge is 0.303 e. The molecule has 0 saturated heterocycles. The summed E-state index contributed by atoms with van der Waals surface area (Å²) in [6.45, 7) is -4.41. The van der Waals surface area contributed by atoms with Crippen molar-refractivity contribution in [2.75, 3.05) is 11.0 Å². The molecule has 2 heterocycles. The molecule has 0 bridgehead atoms. The summed E-state index contributed by atoms with van der Waals surface area (Å²) in [7, 11) is -1.79. The lowest BCUT2D eigenvalue weighted by molar-refractivity contribution is 0.357. The summed E-state index contributed by atoms with van der Waals surface area (Å²) in [4.78, 5) is 42.3. The van der Waals surface area contributed by atoms with Gasteiger partial charge in [-0.05, 0) is 0 Å². The van der Waals surface area contributed by atoms with E-state index in [0.717, 1.165) is 0 Å². The molecule has 3 N–H and O–H groups in total. The van der Waals surface area contributed by atoms with E-state index < -0.39 is 17.0 Å². The number of fused-ring (bicyclic) bond motifs is 1. The van der Waals surface area contributed by atoms with Gasteiger partial charge in [-0.1, -0.05) is 11.6 Å². The monoisotopic (exact) mass is 298 g/mol. The number of anilines is 1. The summed E-state index contributed by atoms with van der Waals surface area (Å²) >= 11 is 5.70. The van der Waals surface area contributed by atoms with E-state index in [1.807, 2.05) is 0 Å². The molecule has 0 spiro atoms. The maximum atomic E-state index is 10.8. The van der Waals surface area contributed by atoms with Crippen LogP contribution in [0.3, 0.4) is 0 Å². The largest absolute Gasteiger partial charge is 0.468 e. The molecule has 17 heavy (non-hydrogen) atoms. The van der Waals surface area contributed by atoms with Crippen molar-refractivity contribution in [1.29, 1.82) is 0 Å². The van der Waals surface area contributed by atoms with Gasteiger partial charge in [-0.3, -0.25) is 9.10 Å². The van der Waals surface area contributed by atoms with Crippen LogP contribution in [0.1, 0.15) is 0 Å². The van der Waals surface area contributed by atoms with Gasteiger partial charge in [-0.15, -0.1) is 0 Å². The first kappa shape index (κ1) is 12.8. The van der Waals surface area contributed by atoms with E-state index in [1.54, 1.807) is 0 Å². The van der Waals surface area contributed by atoms with Crippen molar-refractivity contribution < 1.29 is 24.2 Å². The van der Waals surface area contributed by atoms with Crippen molar-refractivity contribution in [1.82, 2.24) is 4.98 Å². The number of carbonyl (C=O) groups excluding carboxylic acids is 1. The first-order valence-electron chi connectivity index (χ1n) is 4.26. The fraction of sp³-hybridized carbons (Fsp3) is 0.143. The maximum absolute atomic E-state index is 10.8. The van der Waals surface area contributed by atoms with E-state index in [2.05, 4.69) is 4.98 Å². The lowest BCUT2D eigenvalue weighted by Gasteiger charge is -2.19. The highest BCUT2D eigenvalue weighted by Crippen LogP contribution is 2.42. The predicted octanol–water partition coefficient (Wildman–Crippen LogP) is 0.269. The third-order valence-electron chi connectivity index (χ3n) is 1.94. The van der Waals surface area contributed by atoms with Crippen LogP contribution in [0.5, 0.6) is 5.75 Å². The Morgan fingerprint density at radius 1 is 1.59 bits per heavy atom. The van der Waals surface area contributed by atoms with Gasteiger partial charge in [0.25, 0.3) is 0 Å². The summed E-state index contributed by atoms with van der Waals surface area (Å²) < 4.78 is 6.37. The number of rotatable bonds is 2. The van der Waals surface area contributed by atoms with Crippen LogP contribution in [0.25, 0.3) is 0 Å². The minimum atomic E-state index is -4.31. The van der Waals surface area contributed by atoms with Gasteiger partial charge in [0.05, 0.1) is 5.02 Å². The molecule has 1 unspecified atom stereocenters. The summed E-state index contributed by atoms with van der Waals surface area (Å²) in [6, 6.07) is 1.49. The van der Waals surface area contributed by atoms with Crippen molar-refractivity contribution in [2.24, 2.45) is 0 Å². The second-order valence-electron chi connectivity index (χ2n) is 3.03. The van der Waals surface area contributed by atoms with Crippen LogP contribution in [0, 0.1) is 0 Å². The van der Waals surface area contributed by atoms with E-state index in [4.69, 9.17) is 16.3 Å². The first-order valence-corrected chi connectivity index (χ1v) is 8.13. The van der Waals surface area contributed by atoms with Crippen LogP contribution >= 0.6 is 18.3 Å². The molecule has 2 rings (SSSR count). The Kier molecular flexibility index (Phi) is 3.44. The highest BCUT2D eigenvalue weighted by atomic mass is 35.5. The fourth-order valence-corrected chi connectivity index (χ4v) is 3.90. The van der Waals surface area contributed by atoms with Crippen LogP contribution in [0.2, 0.25) is 5.02 Å². The van der Waals surface area contributed by atoms with Crippen LogP contribution in [0.4, 0.5) is 5.82 Å². The molecule has 0 saturated carbocycles. The van der Waals surface area contributed by atoms with Crippen molar-refractivity contribution in [3.05, 3.63) is 17.3 Å². The maximum Gasteiger partial charge on any atom is 0.303 e. The SMILES string of the molecule is O=CS(N1COc2cc(Cl)cnc21)=P(O)(O)O. The minimum Gasteiger partial charge on any atom is -0.468 e. The number of hydrogen-bond acceptors (Lipinski definition) is 3. The number of carbonyl (C=O) groups is 1. The lowest BCUT2D eigenvalue weighted by atomic mass is 10.4. The average molecular weight is 299 g/mol. The topological polar surface area (TPSA) is 103 Å². The molecule has 0 aliphatic carbocycles. The highest BCUT2D eigenvalue weighted by Gasteiger charge is 2.29. The number of ether oxygens (including phenoxy) is 1. The molecular weight excluding hydrogens is 291 g/mol. The molecule has 0 fully saturated rings. The number of hydrogen-bond donors (Lipinski definition) is 3. The normalized spacial score (nSPS) is 16.4. The molecule has 1 aliphatic heterocycles. The van der Waals surface area contributed by atoms with E-state index in [0.29, 0.717) is 10.8 Å². The van der Waals surface area contributed by atoms with Gasteiger partial charge in [-0.2, -0.15) is 0 Å². The Balaban J connectivity index is 2.51. The molecular formula is C7H8ClN2O5PS. The standard InChI is InChI=1S/C7H8ClN2O5PS/c8-5-1-6-7(9-2-5)10(3-15-6)17(4-11)16(12,13)14/h1-2,4,12-14H,3H2. The molecule has 1 atom stereocenters. The molecule has 0 radical (unpaired) electrons. The second kappa shape index (κ2) is 4.56. The average Bonchev–Trinajstić information content (AvgIpc) is 2.60. The van der Waals surface area contributed by atoms with Crippen LogP contribution in [-0.2, 0) is 15.1 Å². The molecule has 94 valence electrons. The number of pyridine rings is 1. The van der Waals surface area contributed by atoms with E-state index >= 15 is 0 Å². The summed E-state index contributed by atoms with van der Waals surface area (Å²) in [5, 5.41) is 0.356. The third-order valence-corrected chi connectivity index (χ3v) is 5.90. The van der Waals surface area contributed by atoms with Gasteiger partial charge in [-0.25, -0.2) is 4.98 Å². The number of nitrogens with zero attached hydrogens (tertiary/aromatic N) is 2. The van der Waals surface area contributed by atoms with Gasteiger partial charge in [0.2, 0.25) is 0 Å². The first-order chi connectivity index (χ1) is 7.93. The van der Waals surface area contributed by atoms with Gasteiger partial charge >= 0.3 is 6.72 Å². The van der Waals surface area contributed by atoms with Crippen molar-refractivity contribution in [3.63, 3.8) is 0 Å². The zero-order valence-electron chi connectivity index (χ0n) is 8.23. The second-order valence-corrected chi connectivity index (χ2v) is 8.30. The Labute approximate surface area is 104 Å². The van der Waals surface area contributed by atoms with E-state index in [1.165, 1.54) is 16.6 Å². The van der Waals surface area contributed by atoms with Crippen molar-refractivity contribution in [2.45, 2.75) is 0 Å². The Hall–Kier alpha value is -0.630. The summed E-state index contributed by atoms with van der Waals surface area (Å²) in [5.41, 5.74) is 0.266. The van der Waals surface area contributed by atoms with Gasteiger partial charge < -0.3 is 19.4 Å². The van der Waals surface area contributed by atoms with Crippen molar-refractivity contribution >= 4 is 40.0 Å². The van der Waals surface area contributed by atoms with Gasteiger partial charge in [0.15, 0.2) is 23.9 Å². The minimum absolute atomic E-state index is 0.103. The van der Waals surface area contributed by atoms with Crippen molar-refractivity contribution in [3.8, 4) is 5.75 Å². The van der Waals surface area contributed by atoms with Crippen LogP contribution in [-0.4, -0.2) is 32.0 Å². The van der Waals surface area contributed by atoms with Crippen LogP contribution in [0.15, 0.2) is 12.3 Å². The number of halogens is 1. The molecule has 0 aromatic carbocycles. The Morgan fingerprint density at radius 3 is 2.88 bits per heavy atom. The lowest BCUT2D eigenvalue weighted by Crippen LogP contribution is -2.26. The van der Waals surface area contributed by atoms with Crippen LogP contribution < -0.4 is 9.04 Å². The molecule has 1 aliphatic rings. The number of aromatic nitrogens is 1. The predicted molar refractivity (Wildman–Crippen MR) is 64.9 cm³/mol. The van der Waals surface area contributed by atoms with E-state index in [9.17, 15) is 19.5 Å². The molecule has 10 heteroatoms. The Morgan fingerprint density at radius 2 is 2.29 bits per heavy atom. The zero-order chi connectivity index (χ0) is 12.6. The van der Waals surface area contributed by atoms with E-state index in [-0.39, 0.29) is 18.2 Å². The Bertz CT molecular complexity index is 525. The molecule has 1 aromatic heterocycles. The fourth-order valence-electron chi connectivity index (χ4n) is 1.28. The van der Waals surface area contributed by atoms with Gasteiger partial charge in [0.1, 0.15) is 0 Å². The summed E-state index contributed by atoms with van der Waals surface area (Å²) in [6.07, 6.45) is 1.33.